The molecule has 1 N–H and O–H groups in total. The summed E-state index contributed by atoms with van der Waals surface area (Å²) in [6.45, 7) is 5.33. The maximum Gasteiger partial charge on any atom is 0.308 e. The van der Waals surface area contributed by atoms with Crippen LogP contribution in [0.15, 0.2) is 0 Å². The molecule has 0 unspecified atom stereocenters. The lowest BCUT2D eigenvalue weighted by Crippen LogP contribution is -2.31. The number of ether oxygens (including phenoxy) is 2. The highest BCUT2D eigenvalue weighted by Crippen LogP contribution is 2.19. The molecule has 1 saturated heterocycles. The van der Waals surface area contributed by atoms with Crippen LogP contribution in [0.25, 0.3) is 0 Å². The molecule has 0 bridgehead atoms. The first-order valence-corrected chi connectivity index (χ1v) is 6.35. The standard InChI is InChI=1S/C13H22O5/c1-13(2,3)18-12(16)8-9(14)7-10-5-4-6-11(15)17-10/h9-10,14H,4-8H2,1-3H3/t9-,10+/m1/s1. The summed E-state index contributed by atoms with van der Waals surface area (Å²) in [7, 11) is 0. The van der Waals surface area contributed by atoms with Crippen LogP contribution in [0.2, 0.25) is 0 Å². The van der Waals surface area contributed by atoms with Gasteiger partial charge in [0.25, 0.3) is 0 Å². The number of hydrogen-bond acceptors (Lipinski definition) is 5. The molecule has 0 spiro atoms. The molecule has 1 aliphatic heterocycles. The molecule has 1 rings (SSSR count). The van der Waals surface area contributed by atoms with Gasteiger partial charge in [-0.05, 0) is 33.6 Å². The molecule has 1 aliphatic rings. The minimum atomic E-state index is -0.823. The third-order valence-corrected chi connectivity index (χ3v) is 2.56. The number of hydrogen-bond donors (Lipinski definition) is 1. The van der Waals surface area contributed by atoms with Gasteiger partial charge in [0.15, 0.2) is 0 Å². The lowest BCUT2D eigenvalue weighted by atomic mass is 10.0. The highest BCUT2D eigenvalue weighted by molar-refractivity contribution is 5.71. The molecule has 5 heteroatoms. The number of rotatable bonds is 4. The molecule has 5 nitrogen and oxygen atoms in total. The van der Waals surface area contributed by atoms with Crippen LogP contribution in [0.5, 0.6) is 0 Å². The van der Waals surface area contributed by atoms with E-state index in [4.69, 9.17) is 9.47 Å². The van der Waals surface area contributed by atoms with Gasteiger partial charge < -0.3 is 14.6 Å². The molecule has 2 atom stereocenters. The van der Waals surface area contributed by atoms with E-state index in [1.54, 1.807) is 20.8 Å². The Bertz CT molecular complexity index is 305. The van der Waals surface area contributed by atoms with Gasteiger partial charge in [-0.15, -0.1) is 0 Å². The molecule has 0 amide bonds. The second kappa shape index (κ2) is 6.18. The smallest absolute Gasteiger partial charge is 0.308 e. The van der Waals surface area contributed by atoms with Crippen molar-refractivity contribution >= 4 is 11.9 Å². The predicted molar refractivity (Wildman–Crippen MR) is 64.8 cm³/mol. The number of carbonyl (C=O) groups is 2. The maximum atomic E-state index is 11.5. The summed E-state index contributed by atoms with van der Waals surface area (Å²) >= 11 is 0. The van der Waals surface area contributed by atoms with Crippen molar-refractivity contribution in [3.63, 3.8) is 0 Å². The maximum absolute atomic E-state index is 11.5. The van der Waals surface area contributed by atoms with E-state index in [1.165, 1.54) is 0 Å². The number of aliphatic hydroxyl groups is 1. The monoisotopic (exact) mass is 258 g/mol. The van der Waals surface area contributed by atoms with E-state index in [2.05, 4.69) is 0 Å². The number of carbonyl (C=O) groups excluding carboxylic acids is 2. The summed E-state index contributed by atoms with van der Waals surface area (Å²) in [5.74, 6) is -0.659. The fourth-order valence-electron chi connectivity index (χ4n) is 1.91. The summed E-state index contributed by atoms with van der Waals surface area (Å²) in [5, 5.41) is 9.76. The Kier molecular flexibility index (Phi) is 5.14. The van der Waals surface area contributed by atoms with E-state index in [0.717, 1.165) is 12.8 Å². The molecule has 0 aromatic heterocycles. The summed E-state index contributed by atoms with van der Waals surface area (Å²) in [4.78, 5) is 22.6. The van der Waals surface area contributed by atoms with Gasteiger partial charge in [-0.3, -0.25) is 9.59 Å². The van der Waals surface area contributed by atoms with E-state index < -0.39 is 17.7 Å². The third-order valence-electron chi connectivity index (χ3n) is 2.56. The lowest BCUT2D eigenvalue weighted by molar-refractivity contribution is -0.159. The zero-order valence-corrected chi connectivity index (χ0v) is 11.3. The van der Waals surface area contributed by atoms with Crippen LogP contribution in [0.3, 0.4) is 0 Å². The topological polar surface area (TPSA) is 72.8 Å². The molecule has 0 radical (unpaired) electrons. The molecule has 0 aromatic carbocycles. The van der Waals surface area contributed by atoms with Gasteiger partial charge in [0.2, 0.25) is 0 Å². The van der Waals surface area contributed by atoms with E-state index in [1.807, 2.05) is 0 Å². The number of aliphatic hydroxyl groups excluding tert-OH is 1. The van der Waals surface area contributed by atoms with Crippen molar-refractivity contribution in [1.29, 1.82) is 0 Å². The Morgan fingerprint density at radius 2 is 2.22 bits per heavy atom. The Morgan fingerprint density at radius 3 is 2.78 bits per heavy atom. The molecular formula is C13H22O5. The number of cyclic esters (lactones) is 1. The van der Waals surface area contributed by atoms with E-state index in [-0.39, 0.29) is 18.5 Å². The summed E-state index contributed by atoms with van der Waals surface area (Å²) in [6, 6.07) is 0. The first-order chi connectivity index (χ1) is 8.26. The average Bonchev–Trinajstić information content (AvgIpc) is 2.13. The Balaban J connectivity index is 2.30. The first kappa shape index (κ1) is 15.0. The van der Waals surface area contributed by atoms with Crippen LogP contribution in [0, 0.1) is 0 Å². The SMILES string of the molecule is CC(C)(C)OC(=O)C[C@H](O)C[C@@H]1CCCC(=O)O1. The van der Waals surface area contributed by atoms with Crippen molar-refractivity contribution in [1.82, 2.24) is 0 Å². The van der Waals surface area contributed by atoms with Crippen molar-refractivity contribution in [2.45, 2.75) is 70.7 Å². The fraction of sp³-hybridized carbons (Fsp3) is 0.846. The van der Waals surface area contributed by atoms with Gasteiger partial charge in [0.1, 0.15) is 11.7 Å². The molecule has 0 saturated carbocycles. The summed E-state index contributed by atoms with van der Waals surface area (Å²) in [5.41, 5.74) is -0.548. The van der Waals surface area contributed by atoms with Gasteiger partial charge >= 0.3 is 11.9 Å². The highest BCUT2D eigenvalue weighted by Gasteiger charge is 2.25. The quantitative estimate of drug-likeness (QED) is 0.775. The normalized spacial score (nSPS) is 22.2. The van der Waals surface area contributed by atoms with Crippen LogP contribution in [0.4, 0.5) is 0 Å². The van der Waals surface area contributed by atoms with Crippen LogP contribution in [-0.2, 0) is 19.1 Å². The zero-order valence-electron chi connectivity index (χ0n) is 11.3. The van der Waals surface area contributed by atoms with Crippen molar-refractivity contribution < 1.29 is 24.2 Å². The fourth-order valence-corrected chi connectivity index (χ4v) is 1.91. The highest BCUT2D eigenvalue weighted by atomic mass is 16.6. The molecule has 0 aromatic rings. The van der Waals surface area contributed by atoms with Gasteiger partial charge in [-0.1, -0.05) is 0 Å². The Morgan fingerprint density at radius 1 is 1.56 bits per heavy atom. The molecule has 1 heterocycles. The molecule has 104 valence electrons. The van der Waals surface area contributed by atoms with Crippen molar-refractivity contribution in [2.24, 2.45) is 0 Å². The van der Waals surface area contributed by atoms with Gasteiger partial charge in [-0.25, -0.2) is 0 Å². The minimum absolute atomic E-state index is 0.0642. The van der Waals surface area contributed by atoms with Crippen molar-refractivity contribution in [3.8, 4) is 0 Å². The molecule has 18 heavy (non-hydrogen) atoms. The average molecular weight is 258 g/mol. The lowest BCUT2D eigenvalue weighted by Gasteiger charge is -2.25. The minimum Gasteiger partial charge on any atom is -0.462 e. The van der Waals surface area contributed by atoms with E-state index in [0.29, 0.717) is 12.8 Å². The predicted octanol–water partition coefficient (Wildman–Crippen LogP) is 1.56. The largest absolute Gasteiger partial charge is 0.462 e. The van der Waals surface area contributed by atoms with Crippen LogP contribution >= 0.6 is 0 Å². The zero-order chi connectivity index (χ0) is 13.8. The van der Waals surface area contributed by atoms with Crippen molar-refractivity contribution in [3.05, 3.63) is 0 Å². The Labute approximate surface area is 107 Å². The van der Waals surface area contributed by atoms with Crippen LogP contribution < -0.4 is 0 Å². The van der Waals surface area contributed by atoms with Gasteiger partial charge in [-0.2, -0.15) is 0 Å². The second-order valence-electron chi connectivity index (χ2n) is 5.68. The first-order valence-electron chi connectivity index (χ1n) is 6.35. The van der Waals surface area contributed by atoms with Gasteiger partial charge in [0.05, 0.1) is 12.5 Å². The summed E-state index contributed by atoms with van der Waals surface area (Å²) < 4.78 is 10.2. The molecule has 0 aliphatic carbocycles. The summed E-state index contributed by atoms with van der Waals surface area (Å²) in [6.07, 6.45) is 1.11. The third kappa shape index (κ3) is 6.00. The van der Waals surface area contributed by atoms with Crippen molar-refractivity contribution in [2.75, 3.05) is 0 Å². The van der Waals surface area contributed by atoms with Gasteiger partial charge in [0, 0.05) is 12.8 Å². The van der Waals surface area contributed by atoms with Crippen LogP contribution in [0.1, 0.15) is 52.9 Å². The molecule has 1 fully saturated rings. The number of esters is 2. The van der Waals surface area contributed by atoms with Crippen LogP contribution in [-0.4, -0.2) is 34.9 Å². The van der Waals surface area contributed by atoms with E-state index >= 15 is 0 Å². The van der Waals surface area contributed by atoms with E-state index in [9.17, 15) is 14.7 Å². The Hall–Kier alpha value is -1.10. The second-order valence-corrected chi connectivity index (χ2v) is 5.68. The molecular weight excluding hydrogens is 236 g/mol.